The van der Waals surface area contributed by atoms with Gasteiger partial charge in [-0.3, -0.25) is 4.79 Å². The number of amides is 1. The maximum Gasteiger partial charge on any atom is 0.227 e. The topological polar surface area (TPSA) is 40.5 Å². The largest absolute Gasteiger partial charge is 0.396 e. The molecule has 0 bridgehead atoms. The minimum atomic E-state index is -0.910. The molecule has 166 valence electrons. The zero-order valence-electron chi connectivity index (χ0n) is 17.1. The van der Waals surface area contributed by atoms with E-state index in [0.29, 0.717) is 23.7 Å². The van der Waals surface area contributed by atoms with Crippen molar-refractivity contribution in [1.29, 1.82) is 0 Å². The predicted molar refractivity (Wildman–Crippen MR) is 113 cm³/mol. The van der Waals surface area contributed by atoms with Crippen LogP contribution in [0.5, 0.6) is 0 Å². The number of piperidine rings is 1. The van der Waals surface area contributed by atoms with E-state index in [1.54, 1.807) is 18.2 Å². The van der Waals surface area contributed by atoms with Crippen LogP contribution in [-0.4, -0.2) is 24.2 Å². The Morgan fingerprint density at radius 1 is 0.875 bits per heavy atom. The van der Waals surface area contributed by atoms with Crippen LogP contribution in [-0.2, 0) is 10.2 Å². The predicted octanol–water partition coefficient (Wildman–Crippen LogP) is 5.36. The van der Waals surface area contributed by atoms with E-state index in [-0.39, 0.29) is 43.0 Å². The van der Waals surface area contributed by atoms with E-state index in [1.807, 2.05) is 0 Å². The average Bonchev–Trinajstić information content (AvgIpc) is 2.75. The van der Waals surface area contributed by atoms with Gasteiger partial charge in [-0.15, -0.1) is 0 Å². The molecule has 0 spiro atoms. The molecule has 3 aromatic rings. The molecular weight excluding hydrogens is 422 g/mol. The first-order chi connectivity index (χ1) is 15.3. The van der Waals surface area contributed by atoms with E-state index in [9.17, 15) is 27.5 Å². The summed E-state index contributed by atoms with van der Waals surface area (Å²) in [4.78, 5) is 14.6. The number of carbonyl (C=O) groups is 1. The van der Waals surface area contributed by atoms with Crippen LogP contribution in [0.2, 0.25) is 0 Å². The number of rotatable bonds is 5. The number of benzene rings is 3. The van der Waals surface area contributed by atoms with Crippen LogP contribution in [0.4, 0.5) is 23.2 Å². The second kappa shape index (κ2) is 8.74. The lowest BCUT2D eigenvalue weighted by atomic mass is 9.70. The van der Waals surface area contributed by atoms with Gasteiger partial charge in [0.1, 0.15) is 23.3 Å². The van der Waals surface area contributed by atoms with E-state index < -0.39 is 28.7 Å². The van der Waals surface area contributed by atoms with E-state index in [4.69, 9.17) is 0 Å². The zero-order chi connectivity index (χ0) is 22.9. The number of hydrogen-bond donors (Lipinski definition) is 1. The first kappa shape index (κ1) is 22.0. The Labute approximate surface area is 182 Å². The van der Waals surface area contributed by atoms with Crippen molar-refractivity contribution < 1.29 is 27.5 Å². The molecule has 1 amide bonds. The van der Waals surface area contributed by atoms with E-state index in [0.717, 1.165) is 18.2 Å². The first-order valence-electron chi connectivity index (χ1n) is 10.3. The number of anilines is 1. The van der Waals surface area contributed by atoms with Gasteiger partial charge in [0.25, 0.3) is 0 Å². The molecule has 3 aromatic carbocycles. The molecule has 1 fully saturated rings. The molecule has 1 heterocycles. The van der Waals surface area contributed by atoms with Crippen LogP contribution in [0.1, 0.15) is 24.8 Å². The molecule has 3 nitrogen and oxygen atoms in total. The van der Waals surface area contributed by atoms with Crippen LogP contribution in [0.15, 0.2) is 60.7 Å². The Morgan fingerprint density at radius 2 is 1.66 bits per heavy atom. The maximum absolute atomic E-state index is 14.5. The van der Waals surface area contributed by atoms with Crippen molar-refractivity contribution in [2.45, 2.75) is 24.7 Å². The minimum Gasteiger partial charge on any atom is -0.396 e. The standard InChI is InChI=1S/C25H21F4NO2/c26-16-5-7-18(23(29)13-16)19-14-17(6-8-21(19)27)30-11-9-25(10-12-31,15-24(30)32)20-3-1-2-4-22(20)28/h1-8,13-14,31H,9-12,15H2. The summed E-state index contributed by atoms with van der Waals surface area (Å²) in [5.41, 5.74) is -0.304. The van der Waals surface area contributed by atoms with Gasteiger partial charge in [0.15, 0.2) is 0 Å². The van der Waals surface area contributed by atoms with Gasteiger partial charge in [0.05, 0.1) is 0 Å². The van der Waals surface area contributed by atoms with Crippen molar-refractivity contribution in [3.63, 3.8) is 0 Å². The Balaban J connectivity index is 1.67. The van der Waals surface area contributed by atoms with Crippen molar-refractivity contribution in [1.82, 2.24) is 0 Å². The Morgan fingerprint density at radius 3 is 2.34 bits per heavy atom. The van der Waals surface area contributed by atoms with Gasteiger partial charge < -0.3 is 10.0 Å². The fraction of sp³-hybridized carbons (Fsp3) is 0.240. The zero-order valence-corrected chi connectivity index (χ0v) is 17.1. The Hall–Kier alpha value is -3.19. The third-order valence-electron chi connectivity index (χ3n) is 6.12. The van der Waals surface area contributed by atoms with Crippen molar-refractivity contribution in [2.75, 3.05) is 18.1 Å². The number of hydrogen-bond acceptors (Lipinski definition) is 2. The van der Waals surface area contributed by atoms with Crippen LogP contribution in [0.25, 0.3) is 11.1 Å². The molecule has 0 saturated carbocycles. The molecule has 1 saturated heterocycles. The summed E-state index contributed by atoms with van der Waals surface area (Å²) in [5, 5.41) is 9.59. The fourth-order valence-corrected chi connectivity index (χ4v) is 4.48. The number of aliphatic hydroxyl groups is 1. The molecule has 1 N–H and O–H groups in total. The summed E-state index contributed by atoms with van der Waals surface area (Å²) in [6.45, 7) is 0.0102. The quantitative estimate of drug-likeness (QED) is 0.540. The molecule has 1 unspecified atom stereocenters. The second-order valence-electron chi connectivity index (χ2n) is 7.99. The third-order valence-corrected chi connectivity index (χ3v) is 6.12. The van der Waals surface area contributed by atoms with Gasteiger partial charge in [-0.2, -0.15) is 0 Å². The number of carbonyl (C=O) groups excluding carboxylic acids is 1. The van der Waals surface area contributed by atoms with Gasteiger partial charge in [-0.25, -0.2) is 17.6 Å². The summed E-state index contributed by atoms with van der Waals surface area (Å²) in [6, 6.07) is 13.0. The second-order valence-corrected chi connectivity index (χ2v) is 7.99. The molecule has 0 aliphatic carbocycles. The van der Waals surface area contributed by atoms with E-state index in [2.05, 4.69) is 0 Å². The van der Waals surface area contributed by atoms with Gasteiger partial charge in [0, 0.05) is 47.9 Å². The molecular formula is C25H21F4NO2. The van der Waals surface area contributed by atoms with Gasteiger partial charge in [-0.1, -0.05) is 18.2 Å². The van der Waals surface area contributed by atoms with Gasteiger partial charge >= 0.3 is 0 Å². The lowest BCUT2D eigenvalue weighted by Crippen LogP contribution is -2.47. The fourth-order valence-electron chi connectivity index (χ4n) is 4.48. The average molecular weight is 443 g/mol. The van der Waals surface area contributed by atoms with Crippen LogP contribution >= 0.6 is 0 Å². The van der Waals surface area contributed by atoms with Gasteiger partial charge in [0.2, 0.25) is 5.91 Å². The summed E-state index contributed by atoms with van der Waals surface area (Å²) < 4.78 is 56.5. The maximum atomic E-state index is 14.5. The third kappa shape index (κ3) is 4.00. The molecule has 0 aromatic heterocycles. The number of aliphatic hydroxyl groups excluding tert-OH is 1. The van der Waals surface area contributed by atoms with Crippen molar-refractivity contribution >= 4 is 11.6 Å². The summed E-state index contributed by atoms with van der Waals surface area (Å²) in [7, 11) is 0. The molecule has 1 atom stereocenters. The normalized spacial score (nSPS) is 18.8. The highest BCUT2D eigenvalue weighted by Crippen LogP contribution is 2.42. The van der Waals surface area contributed by atoms with Crippen LogP contribution in [0, 0.1) is 23.3 Å². The molecule has 1 aliphatic heterocycles. The number of halogens is 4. The lowest BCUT2D eigenvalue weighted by molar-refractivity contribution is -0.121. The van der Waals surface area contributed by atoms with E-state index >= 15 is 0 Å². The highest BCUT2D eigenvalue weighted by Gasteiger charge is 2.42. The smallest absolute Gasteiger partial charge is 0.227 e. The molecule has 0 radical (unpaired) electrons. The van der Waals surface area contributed by atoms with Gasteiger partial charge in [-0.05, 0) is 54.8 Å². The first-order valence-corrected chi connectivity index (χ1v) is 10.3. The minimum absolute atomic E-state index is 0.0356. The number of nitrogens with zero attached hydrogens (tertiary/aromatic N) is 1. The van der Waals surface area contributed by atoms with E-state index in [1.165, 1.54) is 23.1 Å². The SMILES string of the molecule is O=C1CC(CCO)(c2ccccc2F)CCN1c1ccc(F)c(-c2ccc(F)cc2F)c1. The summed E-state index contributed by atoms with van der Waals surface area (Å²) in [6.07, 6.45) is 0.576. The summed E-state index contributed by atoms with van der Waals surface area (Å²) in [5.74, 6) is -3.14. The molecule has 1 aliphatic rings. The Kier molecular flexibility index (Phi) is 6.02. The Bertz CT molecular complexity index is 1170. The summed E-state index contributed by atoms with van der Waals surface area (Å²) >= 11 is 0. The molecule has 4 rings (SSSR count). The lowest BCUT2D eigenvalue weighted by Gasteiger charge is -2.41. The molecule has 32 heavy (non-hydrogen) atoms. The van der Waals surface area contributed by atoms with Crippen LogP contribution < -0.4 is 4.90 Å². The monoisotopic (exact) mass is 443 g/mol. The van der Waals surface area contributed by atoms with Crippen molar-refractivity contribution in [3.05, 3.63) is 89.5 Å². The van der Waals surface area contributed by atoms with Crippen LogP contribution in [0.3, 0.4) is 0 Å². The van der Waals surface area contributed by atoms with Crippen molar-refractivity contribution in [3.8, 4) is 11.1 Å². The molecule has 7 heteroatoms. The highest BCUT2D eigenvalue weighted by atomic mass is 19.1. The highest BCUT2D eigenvalue weighted by molar-refractivity contribution is 5.96. The van der Waals surface area contributed by atoms with Crippen molar-refractivity contribution in [2.24, 2.45) is 0 Å².